The summed E-state index contributed by atoms with van der Waals surface area (Å²) in [6.07, 6.45) is 0. The Morgan fingerprint density at radius 3 is 2.40 bits per heavy atom. The summed E-state index contributed by atoms with van der Waals surface area (Å²) >= 11 is 1.20. The standard InChI is InChI=1S/C22H21N3O4S/c1-14-13-19(26)25(18-7-5-4-6-8-18)22(23-14)30-15(2)20(27)24-17-11-9-16(10-12-17)21(28)29-3/h4-13,15H,1-3H3,(H,24,27). The Balaban J connectivity index is 1.79. The summed E-state index contributed by atoms with van der Waals surface area (Å²) in [7, 11) is 1.31. The fourth-order valence-electron chi connectivity index (χ4n) is 2.73. The molecule has 0 radical (unpaired) electrons. The van der Waals surface area contributed by atoms with Crippen LogP contribution in [-0.2, 0) is 9.53 Å². The smallest absolute Gasteiger partial charge is 0.337 e. The SMILES string of the molecule is COC(=O)c1ccc(NC(=O)C(C)Sc2nc(C)cc(=O)n2-c2ccccc2)cc1. The van der Waals surface area contributed by atoms with Crippen LogP contribution < -0.4 is 10.9 Å². The van der Waals surface area contributed by atoms with E-state index >= 15 is 0 Å². The molecule has 1 aromatic heterocycles. The summed E-state index contributed by atoms with van der Waals surface area (Å²) in [6, 6.07) is 17.1. The minimum atomic E-state index is -0.519. The van der Waals surface area contributed by atoms with Gasteiger partial charge in [-0.2, -0.15) is 0 Å². The first kappa shape index (κ1) is 21.3. The van der Waals surface area contributed by atoms with Gasteiger partial charge in [-0.05, 0) is 50.2 Å². The van der Waals surface area contributed by atoms with Gasteiger partial charge in [0.25, 0.3) is 5.56 Å². The quantitative estimate of drug-likeness (QED) is 0.371. The molecule has 0 fully saturated rings. The molecule has 154 valence electrons. The van der Waals surface area contributed by atoms with E-state index in [1.165, 1.54) is 29.5 Å². The molecule has 0 saturated heterocycles. The molecule has 1 heterocycles. The molecule has 0 bridgehead atoms. The van der Waals surface area contributed by atoms with E-state index in [1.54, 1.807) is 38.1 Å². The Morgan fingerprint density at radius 1 is 1.10 bits per heavy atom. The van der Waals surface area contributed by atoms with Crippen LogP contribution in [0, 0.1) is 6.92 Å². The molecule has 3 aromatic rings. The van der Waals surface area contributed by atoms with Crippen LogP contribution >= 0.6 is 11.8 Å². The topological polar surface area (TPSA) is 90.3 Å². The molecule has 1 unspecified atom stereocenters. The number of aryl methyl sites for hydroxylation is 1. The third-order valence-electron chi connectivity index (χ3n) is 4.26. The highest BCUT2D eigenvalue weighted by atomic mass is 32.2. The Kier molecular flexibility index (Phi) is 6.68. The summed E-state index contributed by atoms with van der Waals surface area (Å²) in [4.78, 5) is 41.2. The Hall–Kier alpha value is -3.39. The molecule has 1 N–H and O–H groups in total. The predicted octanol–water partition coefficient (Wildman–Crippen LogP) is 3.45. The van der Waals surface area contributed by atoms with E-state index in [9.17, 15) is 14.4 Å². The summed E-state index contributed by atoms with van der Waals surface area (Å²) < 4.78 is 6.16. The van der Waals surface area contributed by atoms with Crippen molar-refractivity contribution in [3.63, 3.8) is 0 Å². The second-order valence-corrected chi connectivity index (χ2v) is 7.82. The van der Waals surface area contributed by atoms with Crippen molar-refractivity contribution in [3.8, 4) is 5.69 Å². The van der Waals surface area contributed by atoms with Crippen molar-refractivity contribution in [2.24, 2.45) is 0 Å². The molecule has 0 aliphatic heterocycles. The average Bonchev–Trinajstić information content (AvgIpc) is 2.74. The molecule has 30 heavy (non-hydrogen) atoms. The fraction of sp³-hybridized carbons (Fsp3) is 0.182. The minimum Gasteiger partial charge on any atom is -0.465 e. The van der Waals surface area contributed by atoms with Gasteiger partial charge in [0.2, 0.25) is 5.91 Å². The molecule has 7 nitrogen and oxygen atoms in total. The van der Waals surface area contributed by atoms with E-state index in [1.807, 2.05) is 30.3 Å². The summed E-state index contributed by atoms with van der Waals surface area (Å²) in [5.41, 5.74) is 2.01. The van der Waals surface area contributed by atoms with Crippen LogP contribution in [0.15, 0.2) is 70.6 Å². The van der Waals surface area contributed by atoms with Gasteiger partial charge in [0, 0.05) is 17.4 Å². The number of nitrogens with zero attached hydrogens (tertiary/aromatic N) is 2. The molecule has 1 atom stereocenters. The Labute approximate surface area is 178 Å². The normalized spacial score (nSPS) is 11.6. The van der Waals surface area contributed by atoms with Crippen molar-refractivity contribution in [3.05, 3.63) is 82.3 Å². The molecule has 0 saturated carbocycles. The zero-order valence-electron chi connectivity index (χ0n) is 16.8. The minimum absolute atomic E-state index is 0.206. The number of hydrogen-bond donors (Lipinski definition) is 1. The fourth-order valence-corrected chi connectivity index (χ4v) is 3.71. The van der Waals surface area contributed by atoms with Crippen molar-refractivity contribution in [1.29, 1.82) is 0 Å². The highest BCUT2D eigenvalue weighted by Crippen LogP contribution is 2.24. The van der Waals surface area contributed by atoms with Gasteiger partial charge in [-0.25, -0.2) is 9.78 Å². The molecule has 0 aliphatic rings. The van der Waals surface area contributed by atoms with Crippen molar-refractivity contribution in [2.45, 2.75) is 24.3 Å². The number of hydrogen-bond acceptors (Lipinski definition) is 6. The molecular formula is C22H21N3O4S. The maximum atomic E-state index is 12.7. The highest BCUT2D eigenvalue weighted by Gasteiger charge is 2.19. The lowest BCUT2D eigenvalue weighted by molar-refractivity contribution is -0.115. The zero-order valence-corrected chi connectivity index (χ0v) is 17.6. The first-order valence-electron chi connectivity index (χ1n) is 9.21. The number of carbonyl (C=O) groups excluding carboxylic acids is 2. The van der Waals surface area contributed by atoms with E-state index in [0.717, 1.165) is 0 Å². The number of para-hydroxylation sites is 1. The van der Waals surface area contributed by atoms with Gasteiger partial charge in [0.1, 0.15) is 0 Å². The molecule has 1 amide bonds. The summed E-state index contributed by atoms with van der Waals surface area (Å²) in [5, 5.41) is 2.73. The summed E-state index contributed by atoms with van der Waals surface area (Å²) in [6.45, 7) is 3.49. The molecular weight excluding hydrogens is 402 g/mol. The molecule has 8 heteroatoms. The lowest BCUT2D eigenvalue weighted by Crippen LogP contribution is -2.26. The number of amides is 1. The number of anilines is 1. The van der Waals surface area contributed by atoms with Crippen LogP contribution in [0.1, 0.15) is 23.0 Å². The third-order valence-corrected chi connectivity index (χ3v) is 5.31. The van der Waals surface area contributed by atoms with Gasteiger partial charge in [0.15, 0.2) is 5.16 Å². The van der Waals surface area contributed by atoms with Crippen molar-refractivity contribution in [2.75, 3.05) is 12.4 Å². The lowest BCUT2D eigenvalue weighted by atomic mass is 10.2. The average molecular weight is 423 g/mol. The van der Waals surface area contributed by atoms with E-state index in [-0.39, 0.29) is 11.5 Å². The van der Waals surface area contributed by atoms with E-state index in [2.05, 4.69) is 15.0 Å². The predicted molar refractivity (Wildman–Crippen MR) is 116 cm³/mol. The monoisotopic (exact) mass is 423 g/mol. The maximum absolute atomic E-state index is 12.7. The third kappa shape index (κ3) is 4.96. The number of aromatic nitrogens is 2. The van der Waals surface area contributed by atoms with Gasteiger partial charge < -0.3 is 10.1 Å². The first-order chi connectivity index (χ1) is 14.4. The van der Waals surface area contributed by atoms with Gasteiger partial charge in [-0.15, -0.1) is 0 Å². The van der Waals surface area contributed by atoms with Crippen molar-refractivity contribution in [1.82, 2.24) is 9.55 Å². The van der Waals surface area contributed by atoms with Crippen LogP contribution in [0.3, 0.4) is 0 Å². The molecule has 0 aliphatic carbocycles. The largest absolute Gasteiger partial charge is 0.465 e. The number of methoxy groups -OCH3 is 1. The second-order valence-electron chi connectivity index (χ2n) is 6.51. The second kappa shape index (κ2) is 9.41. The van der Waals surface area contributed by atoms with Crippen LogP contribution in [0.4, 0.5) is 5.69 Å². The van der Waals surface area contributed by atoms with E-state index in [0.29, 0.717) is 27.8 Å². The number of thioether (sulfide) groups is 1. The van der Waals surface area contributed by atoms with Crippen LogP contribution in [0.25, 0.3) is 5.69 Å². The number of carbonyl (C=O) groups is 2. The molecule has 0 spiro atoms. The zero-order chi connectivity index (χ0) is 21.7. The van der Waals surface area contributed by atoms with E-state index in [4.69, 9.17) is 0 Å². The number of benzene rings is 2. The van der Waals surface area contributed by atoms with E-state index < -0.39 is 11.2 Å². The number of rotatable bonds is 6. The first-order valence-corrected chi connectivity index (χ1v) is 10.1. The summed E-state index contributed by atoms with van der Waals surface area (Å²) in [5.74, 6) is -0.692. The van der Waals surface area contributed by atoms with Crippen molar-refractivity contribution >= 4 is 29.3 Å². The van der Waals surface area contributed by atoms with Crippen molar-refractivity contribution < 1.29 is 14.3 Å². The molecule has 2 aromatic carbocycles. The number of ether oxygens (including phenoxy) is 1. The maximum Gasteiger partial charge on any atom is 0.337 e. The Morgan fingerprint density at radius 2 is 1.77 bits per heavy atom. The Bertz CT molecular complexity index is 1110. The van der Waals surface area contributed by atoms with Crippen LogP contribution in [0.5, 0.6) is 0 Å². The van der Waals surface area contributed by atoms with Gasteiger partial charge in [0.05, 0.1) is 23.6 Å². The highest BCUT2D eigenvalue weighted by molar-refractivity contribution is 8.00. The molecule has 3 rings (SSSR count). The van der Waals surface area contributed by atoms with Crippen LogP contribution in [-0.4, -0.2) is 33.8 Å². The number of nitrogens with one attached hydrogen (secondary N) is 1. The van der Waals surface area contributed by atoms with Gasteiger partial charge >= 0.3 is 5.97 Å². The lowest BCUT2D eigenvalue weighted by Gasteiger charge is -2.16. The van der Waals surface area contributed by atoms with Crippen LogP contribution in [0.2, 0.25) is 0 Å². The number of esters is 1. The van der Waals surface area contributed by atoms with Gasteiger partial charge in [-0.1, -0.05) is 30.0 Å². The van der Waals surface area contributed by atoms with Gasteiger partial charge in [-0.3, -0.25) is 14.2 Å².